The molecule has 0 bridgehead atoms. The van der Waals surface area contributed by atoms with Crippen molar-refractivity contribution in [2.24, 2.45) is 0 Å². The lowest BCUT2D eigenvalue weighted by molar-refractivity contribution is -0.116. The number of carbonyl (C=O) groups excluding carboxylic acids is 1. The molecule has 0 saturated heterocycles. The number of aromatic nitrogens is 2. The maximum atomic E-state index is 12.4. The molecule has 2 N–H and O–H groups in total. The van der Waals surface area contributed by atoms with Gasteiger partial charge in [-0.15, -0.1) is 22.7 Å². The van der Waals surface area contributed by atoms with E-state index in [4.69, 9.17) is 0 Å². The lowest BCUT2D eigenvalue weighted by Gasteiger charge is -2.15. The van der Waals surface area contributed by atoms with Crippen molar-refractivity contribution in [3.8, 4) is 6.07 Å². The molecule has 0 aromatic carbocycles. The highest BCUT2D eigenvalue weighted by molar-refractivity contribution is 7.17. The van der Waals surface area contributed by atoms with Gasteiger partial charge in [0.15, 0.2) is 0 Å². The van der Waals surface area contributed by atoms with E-state index in [1.807, 2.05) is 23.4 Å². The molecule has 7 nitrogen and oxygen atoms in total. The van der Waals surface area contributed by atoms with Crippen molar-refractivity contribution in [2.75, 3.05) is 18.9 Å². The maximum absolute atomic E-state index is 12.4. The fourth-order valence-electron chi connectivity index (χ4n) is 3.58. The highest BCUT2D eigenvalue weighted by atomic mass is 32.1. The van der Waals surface area contributed by atoms with E-state index in [1.165, 1.54) is 27.6 Å². The number of nitrogens with one attached hydrogen (secondary N) is 2. The monoisotopic (exact) mass is 427 g/mol. The Labute approximate surface area is 176 Å². The van der Waals surface area contributed by atoms with Crippen molar-refractivity contribution in [1.82, 2.24) is 14.9 Å². The number of thiophene rings is 2. The van der Waals surface area contributed by atoms with Gasteiger partial charge in [0.2, 0.25) is 5.91 Å². The molecule has 1 aliphatic carbocycles. The molecule has 0 aliphatic heterocycles. The highest BCUT2D eigenvalue weighted by Gasteiger charge is 2.21. The van der Waals surface area contributed by atoms with Gasteiger partial charge in [-0.1, -0.05) is 0 Å². The number of anilines is 1. The average molecular weight is 428 g/mol. The van der Waals surface area contributed by atoms with Gasteiger partial charge in [-0.2, -0.15) is 5.26 Å². The summed E-state index contributed by atoms with van der Waals surface area (Å²) in [6, 6.07) is 4.10. The number of H-pyrrole nitrogens is 1. The predicted molar refractivity (Wildman–Crippen MR) is 115 cm³/mol. The van der Waals surface area contributed by atoms with Crippen LogP contribution in [0.3, 0.4) is 0 Å². The highest BCUT2D eigenvalue weighted by Crippen LogP contribution is 2.37. The number of rotatable bonds is 6. The van der Waals surface area contributed by atoms with Gasteiger partial charge in [0, 0.05) is 17.8 Å². The SMILES string of the molecule is CN(CCC(=O)Nc1sc2c(c1C#N)CCCC2)Cc1nc2ccsc2c(=O)[nH]1. The molecule has 0 saturated carbocycles. The smallest absolute Gasteiger partial charge is 0.268 e. The molecule has 3 aromatic heterocycles. The second-order valence-electron chi connectivity index (χ2n) is 7.21. The fraction of sp³-hybridized carbons (Fsp3) is 0.400. The van der Waals surface area contributed by atoms with Crippen LogP contribution >= 0.6 is 22.7 Å². The van der Waals surface area contributed by atoms with Crippen molar-refractivity contribution < 1.29 is 4.79 Å². The van der Waals surface area contributed by atoms with Gasteiger partial charge < -0.3 is 10.3 Å². The van der Waals surface area contributed by atoms with Gasteiger partial charge in [-0.3, -0.25) is 14.5 Å². The van der Waals surface area contributed by atoms with Crippen molar-refractivity contribution in [1.29, 1.82) is 5.26 Å². The third-order valence-corrected chi connectivity index (χ3v) is 7.15. The first kappa shape index (κ1) is 19.8. The Morgan fingerprint density at radius 2 is 2.24 bits per heavy atom. The van der Waals surface area contributed by atoms with Crippen LogP contribution in [-0.2, 0) is 24.2 Å². The van der Waals surface area contributed by atoms with Gasteiger partial charge in [-0.25, -0.2) is 4.98 Å². The zero-order chi connectivity index (χ0) is 20.4. The molecule has 0 fully saturated rings. The lowest BCUT2D eigenvalue weighted by Crippen LogP contribution is -2.26. The number of fused-ring (bicyclic) bond motifs is 2. The summed E-state index contributed by atoms with van der Waals surface area (Å²) in [7, 11) is 1.88. The van der Waals surface area contributed by atoms with E-state index in [9.17, 15) is 14.9 Å². The summed E-state index contributed by atoms with van der Waals surface area (Å²) in [5.41, 5.74) is 2.33. The van der Waals surface area contributed by atoms with E-state index in [0.717, 1.165) is 31.2 Å². The lowest BCUT2D eigenvalue weighted by atomic mass is 9.96. The molecule has 0 atom stereocenters. The molecular formula is C20H21N5O2S2. The van der Waals surface area contributed by atoms with E-state index in [1.54, 1.807) is 0 Å². The Hall–Kier alpha value is -2.54. The van der Waals surface area contributed by atoms with E-state index in [0.29, 0.717) is 46.1 Å². The van der Waals surface area contributed by atoms with E-state index >= 15 is 0 Å². The number of hydrogen-bond acceptors (Lipinski definition) is 7. The fourth-order valence-corrected chi connectivity index (χ4v) is 5.57. The van der Waals surface area contributed by atoms with Crippen LogP contribution in [-0.4, -0.2) is 34.4 Å². The first-order chi connectivity index (χ1) is 14.0. The third-order valence-electron chi connectivity index (χ3n) is 5.04. The summed E-state index contributed by atoms with van der Waals surface area (Å²) < 4.78 is 0.628. The molecule has 0 unspecified atom stereocenters. The summed E-state index contributed by atoms with van der Waals surface area (Å²) in [6.45, 7) is 0.968. The molecule has 3 aromatic rings. The quantitative estimate of drug-likeness (QED) is 0.629. The number of aryl methyl sites for hydroxylation is 1. The predicted octanol–water partition coefficient (Wildman–Crippen LogP) is 3.26. The number of carbonyl (C=O) groups is 1. The molecule has 29 heavy (non-hydrogen) atoms. The Morgan fingerprint density at radius 1 is 1.41 bits per heavy atom. The molecule has 0 radical (unpaired) electrons. The van der Waals surface area contributed by atoms with E-state index < -0.39 is 0 Å². The van der Waals surface area contributed by atoms with Gasteiger partial charge in [0.25, 0.3) is 5.56 Å². The van der Waals surface area contributed by atoms with Crippen molar-refractivity contribution >= 4 is 43.8 Å². The van der Waals surface area contributed by atoms with Crippen LogP contribution in [0.15, 0.2) is 16.2 Å². The largest absolute Gasteiger partial charge is 0.317 e. The average Bonchev–Trinajstić information content (AvgIpc) is 3.30. The van der Waals surface area contributed by atoms with Crippen LogP contribution in [0.2, 0.25) is 0 Å². The van der Waals surface area contributed by atoms with Crippen LogP contribution in [0.1, 0.15) is 41.1 Å². The molecule has 150 valence electrons. The number of aromatic amines is 1. The topological polar surface area (TPSA) is 102 Å². The number of amides is 1. The normalized spacial score (nSPS) is 13.4. The second kappa shape index (κ2) is 8.45. The van der Waals surface area contributed by atoms with Gasteiger partial charge >= 0.3 is 0 Å². The van der Waals surface area contributed by atoms with Gasteiger partial charge in [0.05, 0.1) is 17.6 Å². The molecule has 4 rings (SSSR count). The standard InChI is InChI=1S/C20H21N5O2S2/c1-25(11-16-22-14-7-9-28-18(14)19(27)23-16)8-6-17(26)24-20-13(10-21)12-4-2-3-5-15(12)29-20/h7,9H,2-6,8,11H2,1H3,(H,24,26)(H,22,23,27). The van der Waals surface area contributed by atoms with Crippen LogP contribution in [0.5, 0.6) is 0 Å². The Balaban J connectivity index is 1.35. The first-order valence-corrected chi connectivity index (χ1v) is 11.2. The summed E-state index contributed by atoms with van der Waals surface area (Å²) in [5, 5.41) is 15.0. The number of nitrogens with zero attached hydrogens (tertiary/aromatic N) is 3. The van der Waals surface area contributed by atoms with Gasteiger partial charge in [0.1, 0.15) is 21.6 Å². The first-order valence-electron chi connectivity index (χ1n) is 9.54. The zero-order valence-corrected chi connectivity index (χ0v) is 17.7. The Kier molecular flexibility index (Phi) is 5.76. The molecule has 1 aliphatic rings. The minimum absolute atomic E-state index is 0.110. The number of hydrogen-bond donors (Lipinski definition) is 2. The maximum Gasteiger partial charge on any atom is 0.268 e. The van der Waals surface area contributed by atoms with Crippen LogP contribution in [0.25, 0.3) is 10.2 Å². The van der Waals surface area contributed by atoms with Crippen LogP contribution < -0.4 is 10.9 Å². The van der Waals surface area contributed by atoms with Crippen molar-refractivity contribution in [3.05, 3.63) is 43.6 Å². The molecule has 1 amide bonds. The van der Waals surface area contributed by atoms with Crippen LogP contribution in [0, 0.1) is 11.3 Å². The minimum atomic E-state index is -0.128. The molecule has 0 spiro atoms. The summed E-state index contributed by atoms with van der Waals surface area (Å²) in [5.74, 6) is 0.475. The summed E-state index contributed by atoms with van der Waals surface area (Å²) >= 11 is 2.91. The summed E-state index contributed by atoms with van der Waals surface area (Å²) in [4.78, 5) is 34.9. The van der Waals surface area contributed by atoms with E-state index in [-0.39, 0.29) is 11.5 Å². The Bertz CT molecular complexity index is 1150. The minimum Gasteiger partial charge on any atom is -0.317 e. The molecular weight excluding hydrogens is 406 g/mol. The zero-order valence-electron chi connectivity index (χ0n) is 16.1. The Morgan fingerprint density at radius 3 is 3.07 bits per heavy atom. The second-order valence-corrected chi connectivity index (χ2v) is 9.23. The van der Waals surface area contributed by atoms with Crippen LogP contribution in [0.4, 0.5) is 5.00 Å². The van der Waals surface area contributed by atoms with Gasteiger partial charge in [-0.05, 0) is 49.7 Å². The number of nitriles is 1. The van der Waals surface area contributed by atoms with Crippen molar-refractivity contribution in [3.63, 3.8) is 0 Å². The molecule has 3 heterocycles. The van der Waals surface area contributed by atoms with Crippen molar-refractivity contribution in [2.45, 2.75) is 38.6 Å². The third kappa shape index (κ3) is 4.24. The molecule has 9 heteroatoms. The summed E-state index contributed by atoms with van der Waals surface area (Å²) in [6.07, 6.45) is 4.46. The van der Waals surface area contributed by atoms with E-state index in [2.05, 4.69) is 21.4 Å².